The molecule has 1 amide bonds. The fourth-order valence-electron chi connectivity index (χ4n) is 3.44. The summed E-state index contributed by atoms with van der Waals surface area (Å²) < 4.78 is 12.5. The third-order valence-corrected chi connectivity index (χ3v) is 5.26. The highest BCUT2D eigenvalue weighted by Gasteiger charge is 2.14. The number of rotatable bonds is 8. The number of nitro benzene ring substituents is 1. The summed E-state index contributed by atoms with van der Waals surface area (Å²) in [5.74, 6) is 1.67. The third-order valence-electron chi connectivity index (χ3n) is 5.26. The van der Waals surface area contributed by atoms with E-state index in [2.05, 4.69) is 15.6 Å². The van der Waals surface area contributed by atoms with Gasteiger partial charge >= 0.3 is 0 Å². The summed E-state index contributed by atoms with van der Waals surface area (Å²) in [6.45, 7) is 5.87. The van der Waals surface area contributed by atoms with E-state index in [9.17, 15) is 14.9 Å². The zero-order valence-electron chi connectivity index (χ0n) is 18.9. The largest absolute Gasteiger partial charge is 0.489 e. The van der Waals surface area contributed by atoms with Crippen molar-refractivity contribution in [2.75, 3.05) is 5.32 Å². The molecular weight excluding hydrogens is 438 g/mol. The van der Waals surface area contributed by atoms with E-state index in [-0.39, 0.29) is 18.0 Å². The number of hydrogen-bond donors (Lipinski definition) is 1. The summed E-state index contributed by atoms with van der Waals surface area (Å²) in [6.07, 6.45) is 0.161. The molecule has 0 saturated carbocycles. The molecule has 0 aliphatic rings. The number of non-ortho nitro benzene ring substituents is 1. The van der Waals surface area contributed by atoms with Crippen LogP contribution in [0.15, 0.2) is 59.1 Å². The van der Waals surface area contributed by atoms with Gasteiger partial charge in [0, 0.05) is 18.2 Å². The number of carbonyl (C=O) groups is 1. The Labute approximate surface area is 195 Å². The molecule has 0 radical (unpaired) electrons. The van der Waals surface area contributed by atoms with Crippen molar-refractivity contribution < 1.29 is 19.0 Å². The second-order valence-corrected chi connectivity index (χ2v) is 7.82. The van der Waals surface area contributed by atoms with Gasteiger partial charge in [0.2, 0.25) is 5.91 Å². The van der Waals surface area contributed by atoms with Crippen molar-refractivity contribution in [1.82, 2.24) is 14.9 Å². The van der Waals surface area contributed by atoms with E-state index in [1.54, 1.807) is 29.8 Å². The van der Waals surface area contributed by atoms with Gasteiger partial charge in [-0.2, -0.15) is 5.10 Å². The Hall–Kier alpha value is -4.47. The maximum Gasteiger partial charge on any atom is 0.269 e. The highest BCUT2D eigenvalue weighted by molar-refractivity contribution is 5.91. The summed E-state index contributed by atoms with van der Waals surface area (Å²) in [7, 11) is 0. The van der Waals surface area contributed by atoms with Crippen LogP contribution in [0.25, 0.3) is 5.69 Å². The molecule has 0 spiro atoms. The number of ether oxygens (including phenoxy) is 1. The average Bonchev–Trinajstić information content (AvgIpc) is 3.34. The van der Waals surface area contributed by atoms with Gasteiger partial charge in [-0.1, -0.05) is 17.3 Å². The quantitative estimate of drug-likeness (QED) is 0.303. The molecule has 0 aliphatic carbocycles. The summed E-state index contributed by atoms with van der Waals surface area (Å²) in [5, 5.41) is 22.1. The van der Waals surface area contributed by atoms with Crippen LogP contribution in [0.5, 0.6) is 5.75 Å². The van der Waals surface area contributed by atoms with E-state index in [0.717, 1.165) is 22.6 Å². The first-order chi connectivity index (χ1) is 16.3. The molecule has 0 bridgehead atoms. The van der Waals surface area contributed by atoms with E-state index < -0.39 is 4.92 Å². The van der Waals surface area contributed by atoms with E-state index in [1.165, 1.54) is 12.1 Å². The lowest BCUT2D eigenvalue weighted by Gasteiger charge is -2.10. The molecule has 174 valence electrons. The smallest absolute Gasteiger partial charge is 0.269 e. The highest BCUT2D eigenvalue weighted by Crippen LogP contribution is 2.21. The number of carbonyl (C=O) groups excluding carboxylic acids is 1. The minimum absolute atomic E-state index is 0.0164. The van der Waals surface area contributed by atoms with Gasteiger partial charge in [0.1, 0.15) is 23.9 Å². The van der Waals surface area contributed by atoms with Crippen LogP contribution in [0, 0.1) is 30.9 Å². The number of aromatic nitrogens is 3. The Morgan fingerprint density at radius 2 is 1.82 bits per heavy atom. The lowest BCUT2D eigenvalue weighted by atomic mass is 10.1. The minimum atomic E-state index is -0.464. The van der Waals surface area contributed by atoms with Gasteiger partial charge in [-0.3, -0.25) is 14.9 Å². The molecule has 0 atom stereocenters. The number of anilines is 1. The maximum absolute atomic E-state index is 12.7. The fourth-order valence-corrected chi connectivity index (χ4v) is 3.44. The van der Waals surface area contributed by atoms with Crippen LogP contribution in [0.2, 0.25) is 0 Å². The van der Waals surface area contributed by atoms with Gasteiger partial charge in [-0.05, 0) is 50.6 Å². The molecule has 0 saturated heterocycles. The monoisotopic (exact) mass is 461 g/mol. The summed E-state index contributed by atoms with van der Waals surface area (Å²) in [6, 6.07) is 15.0. The molecule has 2 aromatic carbocycles. The fraction of sp³-hybridized carbons (Fsp3) is 0.208. The number of nitro groups is 1. The van der Waals surface area contributed by atoms with Gasteiger partial charge < -0.3 is 14.6 Å². The van der Waals surface area contributed by atoms with Crippen molar-refractivity contribution in [2.45, 2.75) is 33.8 Å². The predicted molar refractivity (Wildman–Crippen MR) is 124 cm³/mol. The van der Waals surface area contributed by atoms with Crippen molar-refractivity contribution in [3.8, 4) is 11.4 Å². The number of nitrogens with one attached hydrogen (secondary N) is 1. The Morgan fingerprint density at radius 1 is 1.12 bits per heavy atom. The van der Waals surface area contributed by atoms with Gasteiger partial charge in [0.15, 0.2) is 0 Å². The molecular formula is C24H23N5O5. The third kappa shape index (κ3) is 5.12. The second-order valence-electron chi connectivity index (χ2n) is 7.82. The SMILES string of the molecule is Cc1cc(NC(=O)Cc2ccc(OCc3c(C)noc3C)cc2)n(-c2ccc([N+](=O)[O-])cc2)n1. The maximum atomic E-state index is 12.7. The van der Waals surface area contributed by atoms with E-state index in [0.29, 0.717) is 29.6 Å². The number of amides is 1. The molecule has 0 aliphatic heterocycles. The van der Waals surface area contributed by atoms with Crippen molar-refractivity contribution in [3.63, 3.8) is 0 Å². The topological polar surface area (TPSA) is 125 Å². The first-order valence-corrected chi connectivity index (χ1v) is 10.5. The van der Waals surface area contributed by atoms with Crippen molar-refractivity contribution in [2.24, 2.45) is 0 Å². The summed E-state index contributed by atoms with van der Waals surface area (Å²) >= 11 is 0. The second kappa shape index (κ2) is 9.57. The van der Waals surface area contributed by atoms with Crippen LogP contribution >= 0.6 is 0 Å². The number of benzene rings is 2. The summed E-state index contributed by atoms with van der Waals surface area (Å²) in [4.78, 5) is 23.1. The minimum Gasteiger partial charge on any atom is -0.489 e. The number of aryl methyl sites for hydroxylation is 3. The molecule has 0 unspecified atom stereocenters. The Morgan fingerprint density at radius 3 is 2.44 bits per heavy atom. The van der Waals surface area contributed by atoms with Gasteiger partial charge in [0.25, 0.3) is 5.69 Å². The summed E-state index contributed by atoms with van der Waals surface area (Å²) in [5.41, 5.74) is 3.83. The van der Waals surface area contributed by atoms with Crippen LogP contribution in [0.1, 0.15) is 28.3 Å². The molecule has 10 heteroatoms. The molecule has 2 heterocycles. The first-order valence-electron chi connectivity index (χ1n) is 10.5. The first kappa shape index (κ1) is 22.7. The molecule has 1 N–H and O–H groups in total. The van der Waals surface area contributed by atoms with Crippen LogP contribution in [0.3, 0.4) is 0 Å². The van der Waals surface area contributed by atoms with E-state index in [1.807, 2.05) is 38.1 Å². The average molecular weight is 461 g/mol. The lowest BCUT2D eigenvalue weighted by Crippen LogP contribution is -2.17. The van der Waals surface area contributed by atoms with Crippen LogP contribution in [0.4, 0.5) is 11.5 Å². The standard InChI is InChI=1S/C24H23N5O5/c1-15-12-23(28(26-15)19-6-8-20(9-7-19)29(31)32)25-24(30)13-18-4-10-21(11-5-18)33-14-22-16(2)27-34-17(22)3/h4-12H,13-14H2,1-3H3,(H,25,30). The molecule has 34 heavy (non-hydrogen) atoms. The van der Waals surface area contributed by atoms with Gasteiger partial charge in [0.05, 0.1) is 34.0 Å². The van der Waals surface area contributed by atoms with Crippen LogP contribution in [-0.4, -0.2) is 25.8 Å². The lowest BCUT2D eigenvalue weighted by molar-refractivity contribution is -0.384. The van der Waals surface area contributed by atoms with Crippen molar-refractivity contribution in [3.05, 3.63) is 93.0 Å². The van der Waals surface area contributed by atoms with Gasteiger partial charge in [-0.25, -0.2) is 4.68 Å². The zero-order chi connectivity index (χ0) is 24.2. The normalized spacial score (nSPS) is 10.8. The van der Waals surface area contributed by atoms with Gasteiger partial charge in [-0.15, -0.1) is 0 Å². The van der Waals surface area contributed by atoms with E-state index in [4.69, 9.17) is 9.26 Å². The molecule has 10 nitrogen and oxygen atoms in total. The van der Waals surface area contributed by atoms with Crippen molar-refractivity contribution >= 4 is 17.4 Å². The molecule has 4 rings (SSSR count). The Balaban J connectivity index is 1.39. The van der Waals surface area contributed by atoms with Crippen molar-refractivity contribution in [1.29, 1.82) is 0 Å². The molecule has 2 aromatic heterocycles. The molecule has 0 fully saturated rings. The molecule has 4 aromatic rings. The predicted octanol–water partition coefficient (Wildman–Crippen LogP) is 4.45. The zero-order valence-corrected chi connectivity index (χ0v) is 18.9. The Kier molecular flexibility index (Phi) is 6.39. The number of nitrogens with zero attached hydrogens (tertiary/aromatic N) is 4. The van der Waals surface area contributed by atoms with E-state index >= 15 is 0 Å². The van der Waals surface area contributed by atoms with Crippen LogP contribution in [-0.2, 0) is 17.8 Å². The number of hydrogen-bond acceptors (Lipinski definition) is 7. The Bertz CT molecular complexity index is 1300. The highest BCUT2D eigenvalue weighted by atomic mass is 16.6. The van der Waals surface area contributed by atoms with Crippen LogP contribution < -0.4 is 10.1 Å².